The lowest BCUT2D eigenvalue weighted by molar-refractivity contribution is 0.503. The predicted octanol–water partition coefficient (Wildman–Crippen LogP) is 3.04. The number of anilines is 2. The van der Waals surface area contributed by atoms with E-state index in [0.717, 1.165) is 18.8 Å². The molecule has 7 heteroatoms. The number of nitrogens with two attached hydrogens (primary N) is 1. The molecule has 0 amide bonds. The number of hydrogen-bond acceptors (Lipinski definition) is 5. The van der Waals surface area contributed by atoms with Crippen molar-refractivity contribution >= 4 is 31.3 Å². The zero-order valence-corrected chi connectivity index (χ0v) is 13.4. The monoisotopic (exact) mass is 306 g/mol. The minimum absolute atomic E-state index is 0.337. The Kier molecular flexibility index (Phi) is 7.89. The first-order valence-electron chi connectivity index (χ1n) is 6.18. The topological polar surface area (TPSA) is 83.6 Å². The Hall–Kier alpha value is -0.920. The average Bonchev–Trinajstić information content (AvgIpc) is 2.35. The van der Waals surface area contributed by atoms with Crippen molar-refractivity contribution in [2.45, 2.75) is 32.6 Å². The highest BCUT2D eigenvalue weighted by atomic mass is 33.1. The van der Waals surface area contributed by atoms with E-state index in [4.69, 9.17) is 10.3 Å². The van der Waals surface area contributed by atoms with E-state index < -0.39 is 9.15 Å². The second-order valence-corrected chi connectivity index (χ2v) is 6.63. The molecule has 0 unspecified atom stereocenters. The summed E-state index contributed by atoms with van der Waals surface area (Å²) in [6.45, 7) is 9.65. The summed E-state index contributed by atoms with van der Waals surface area (Å²) in [4.78, 5) is 2.41. The molecule has 0 aliphatic rings. The zero-order valence-electron chi connectivity index (χ0n) is 11.8. The highest BCUT2D eigenvalue weighted by Crippen LogP contribution is 2.32. The van der Waals surface area contributed by atoms with Crippen LogP contribution in [0.1, 0.15) is 27.7 Å². The molecule has 110 valence electrons. The molecule has 5 nitrogen and oxygen atoms in total. The minimum Gasteiger partial charge on any atom is -0.398 e. The van der Waals surface area contributed by atoms with E-state index in [0.29, 0.717) is 21.4 Å². The second-order valence-electron chi connectivity index (χ2n) is 3.41. The number of benzene rings is 1. The first-order chi connectivity index (χ1) is 8.87. The Bertz CT molecular complexity index is 486. The third-order valence-electron chi connectivity index (χ3n) is 2.32. The smallest absolute Gasteiger partial charge is 0.324 e. The van der Waals surface area contributed by atoms with E-state index in [1.807, 2.05) is 33.8 Å². The van der Waals surface area contributed by atoms with Crippen LogP contribution < -0.4 is 10.6 Å². The van der Waals surface area contributed by atoms with E-state index in [2.05, 4.69) is 4.90 Å². The van der Waals surface area contributed by atoms with Gasteiger partial charge in [-0.25, -0.2) is 0 Å². The van der Waals surface area contributed by atoms with Gasteiger partial charge in [0.05, 0.1) is 4.90 Å². The number of nitrogen functional groups attached to an aromatic ring is 1. The van der Waals surface area contributed by atoms with Crippen LogP contribution in [0.2, 0.25) is 0 Å². The molecular formula is C12H22N2O3S2. The summed E-state index contributed by atoms with van der Waals surface area (Å²) in [6.07, 6.45) is 0. The summed E-state index contributed by atoms with van der Waals surface area (Å²) in [5.74, 6) is 0. The van der Waals surface area contributed by atoms with Crippen molar-refractivity contribution in [3.05, 3.63) is 18.2 Å². The van der Waals surface area contributed by atoms with Crippen molar-refractivity contribution in [2.24, 2.45) is 0 Å². The lowest BCUT2D eigenvalue weighted by Gasteiger charge is -2.21. The van der Waals surface area contributed by atoms with E-state index >= 15 is 0 Å². The zero-order chi connectivity index (χ0) is 15.1. The van der Waals surface area contributed by atoms with E-state index in [1.165, 1.54) is 0 Å². The van der Waals surface area contributed by atoms with Crippen molar-refractivity contribution in [1.29, 1.82) is 0 Å². The van der Waals surface area contributed by atoms with Gasteiger partial charge in [0.1, 0.15) is 0 Å². The van der Waals surface area contributed by atoms with Crippen LogP contribution in [0.15, 0.2) is 23.1 Å². The molecule has 0 aliphatic heterocycles. The minimum atomic E-state index is -4.14. The number of rotatable bonds is 5. The molecule has 0 fully saturated rings. The quantitative estimate of drug-likeness (QED) is 0.494. The summed E-state index contributed by atoms with van der Waals surface area (Å²) >= 11 is 0. The molecule has 1 rings (SSSR count). The summed E-state index contributed by atoms with van der Waals surface area (Å²) in [7, 11) is -3.78. The SMILES string of the molecule is CC.CCN(CC)c1ccc(N)c(SS(=O)(=O)O)c1. The number of hydrogen-bond donors (Lipinski definition) is 2. The van der Waals surface area contributed by atoms with Gasteiger partial charge in [0.25, 0.3) is 0 Å². The highest BCUT2D eigenvalue weighted by Gasteiger charge is 2.13. The lowest BCUT2D eigenvalue weighted by Crippen LogP contribution is -2.21. The van der Waals surface area contributed by atoms with Crippen LogP contribution in [0.5, 0.6) is 0 Å². The maximum absolute atomic E-state index is 10.8. The average molecular weight is 306 g/mol. The van der Waals surface area contributed by atoms with Crippen LogP contribution in [-0.4, -0.2) is 26.1 Å². The van der Waals surface area contributed by atoms with E-state index in [-0.39, 0.29) is 0 Å². The third kappa shape index (κ3) is 6.17. The summed E-state index contributed by atoms with van der Waals surface area (Å²) in [5.41, 5.74) is 6.89. The molecule has 0 spiro atoms. The summed E-state index contributed by atoms with van der Waals surface area (Å²) in [6, 6.07) is 5.14. The second kappa shape index (κ2) is 8.29. The maximum atomic E-state index is 10.8. The molecule has 0 aliphatic carbocycles. The molecule has 0 saturated carbocycles. The third-order valence-corrected chi connectivity index (χ3v) is 4.24. The van der Waals surface area contributed by atoms with Gasteiger partial charge in [-0.3, -0.25) is 4.55 Å². The Morgan fingerprint density at radius 2 is 1.79 bits per heavy atom. The molecule has 1 aromatic rings. The van der Waals surface area contributed by atoms with Gasteiger partial charge in [-0.1, -0.05) is 13.8 Å². The molecule has 0 saturated heterocycles. The van der Waals surface area contributed by atoms with Crippen molar-refractivity contribution in [3.63, 3.8) is 0 Å². The first kappa shape index (κ1) is 18.1. The fourth-order valence-electron chi connectivity index (χ4n) is 1.49. The highest BCUT2D eigenvalue weighted by molar-refractivity contribution is 8.70. The predicted molar refractivity (Wildman–Crippen MR) is 83.2 cm³/mol. The molecular weight excluding hydrogens is 284 g/mol. The molecule has 0 heterocycles. The van der Waals surface area contributed by atoms with Crippen LogP contribution in [0.3, 0.4) is 0 Å². The molecule has 0 radical (unpaired) electrons. The summed E-state index contributed by atoms with van der Waals surface area (Å²) in [5, 5.41) is 0. The van der Waals surface area contributed by atoms with Gasteiger partial charge in [-0.2, -0.15) is 8.42 Å². The van der Waals surface area contributed by atoms with Crippen LogP contribution in [0.25, 0.3) is 0 Å². The van der Waals surface area contributed by atoms with Crippen LogP contribution in [0.4, 0.5) is 11.4 Å². The van der Waals surface area contributed by atoms with E-state index in [9.17, 15) is 8.42 Å². The van der Waals surface area contributed by atoms with Gasteiger partial charge in [-0.15, -0.1) is 0 Å². The van der Waals surface area contributed by atoms with Gasteiger partial charge < -0.3 is 10.6 Å². The largest absolute Gasteiger partial charge is 0.398 e. The molecule has 19 heavy (non-hydrogen) atoms. The fraction of sp³-hybridized carbons (Fsp3) is 0.500. The van der Waals surface area contributed by atoms with Gasteiger partial charge >= 0.3 is 9.15 Å². The van der Waals surface area contributed by atoms with Crippen LogP contribution in [-0.2, 0) is 9.15 Å². The van der Waals surface area contributed by atoms with E-state index in [1.54, 1.807) is 12.1 Å². The summed E-state index contributed by atoms with van der Waals surface area (Å²) < 4.78 is 30.5. The van der Waals surface area contributed by atoms with Gasteiger partial charge in [0, 0.05) is 35.3 Å². The molecule has 0 aromatic heterocycles. The normalized spacial score (nSPS) is 10.6. The number of nitrogens with zero attached hydrogens (tertiary/aromatic N) is 1. The van der Waals surface area contributed by atoms with Crippen molar-refractivity contribution < 1.29 is 13.0 Å². The standard InChI is InChI=1S/C10H16N2O3S2.C2H6/c1-3-12(4-2)8-5-6-9(11)10(7-8)16-17(13,14)15;1-2/h5-7H,3-4,11H2,1-2H3,(H,13,14,15);1-2H3. The van der Waals surface area contributed by atoms with Crippen LogP contribution in [0, 0.1) is 0 Å². The lowest BCUT2D eigenvalue weighted by atomic mass is 10.2. The molecule has 3 N–H and O–H groups in total. The Labute approximate surface area is 119 Å². The van der Waals surface area contributed by atoms with Crippen molar-refractivity contribution in [3.8, 4) is 0 Å². The first-order valence-corrected chi connectivity index (χ1v) is 8.96. The van der Waals surface area contributed by atoms with Gasteiger partial charge in [0.15, 0.2) is 0 Å². The molecule has 0 atom stereocenters. The Morgan fingerprint density at radius 3 is 2.21 bits per heavy atom. The van der Waals surface area contributed by atoms with Crippen LogP contribution >= 0.6 is 10.8 Å². The fourth-order valence-corrected chi connectivity index (χ4v) is 3.17. The Morgan fingerprint density at radius 1 is 1.26 bits per heavy atom. The molecule has 0 bridgehead atoms. The maximum Gasteiger partial charge on any atom is 0.324 e. The van der Waals surface area contributed by atoms with Crippen molar-refractivity contribution in [2.75, 3.05) is 23.7 Å². The van der Waals surface area contributed by atoms with Crippen molar-refractivity contribution in [1.82, 2.24) is 0 Å². The Balaban J connectivity index is 0.00000154. The van der Waals surface area contributed by atoms with Gasteiger partial charge in [0.2, 0.25) is 0 Å². The van der Waals surface area contributed by atoms with Gasteiger partial charge in [-0.05, 0) is 32.0 Å². The molecule has 1 aromatic carbocycles.